The van der Waals surface area contributed by atoms with Gasteiger partial charge in [-0.1, -0.05) is 215 Å². The summed E-state index contributed by atoms with van der Waals surface area (Å²) in [4.78, 5) is 44.2. The third-order valence-electron chi connectivity index (χ3n) is 15.4. The molecule has 2 atom stereocenters. The maximum absolute atomic E-state index is 14.5. The zero-order valence-electron chi connectivity index (χ0n) is 41.7. The number of rotatable bonds is 15. The van der Waals surface area contributed by atoms with E-state index >= 15 is 0 Å². The highest BCUT2D eigenvalue weighted by molar-refractivity contribution is 6.31. The number of nitrogens with one attached hydrogen (secondary N) is 1. The lowest BCUT2D eigenvalue weighted by atomic mass is 9.78. The smallest absolute Gasteiger partial charge is 0.407 e. The highest BCUT2D eigenvalue weighted by Gasteiger charge is 2.42. The molecule has 1 N–H and O–H groups in total. The van der Waals surface area contributed by atoms with Crippen LogP contribution in [0.3, 0.4) is 0 Å². The molecule has 1 saturated carbocycles. The lowest BCUT2D eigenvalue weighted by Gasteiger charge is -2.36. The fraction of sp³-hybridized carbons (Fsp3) is 0.359. The monoisotopic (exact) mass is 980 g/mol. The lowest BCUT2D eigenvalue weighted by molar-refractivity contribution is -0.153. The summed E-state index contributed by atoms with van der Waals surface area (Å²) in [6.45, 7) is 5.91. The van der Waals surface area contributed by atoms with Crippen molar-refractivity contribution in [3.8, 4) is 11.1 Å². The van der Waals surface area contributed by atoms with Gasteiger partial charge in [0, 0.05) is 53.6 Å². The number of amides is 2. The Morgan fingerprint density at radius 2 is 1.22 bits per heavy atom. The van der Waals surface area contributed by atoms with Crippen LogP contribution in [0.4, 0.5) is 4.79 Å². The van der Waals surface area contributed by atoms with Crippen LogP contribution in [0.1, 0.15) is 153 Å². The first kappa shape index (κ1) is 50.5. The quantitative estimate of drug-likeness (QED) is 0.0818. The van der Waals surface area contributed by atoms with E-state index in [9.17, 15) is 14.4 Å². The van der Waals surface area contributed by atoms with Crippen molar-refractivity contribution in [3.05, 3.63) is 208 Å². The van der Waals surface area contributed by atoms with Gasteiger partial charge in [-0.3, -0.25) is 9.59 Å². The van der Waals surface area contributed by atoms with E-state index in [1.807, 2.05) is 108 Å². The predicted molar refractivity (Wildman–Crippen MR) is 290 cm³/mol. The molecule has 0 spiro atoms. The number of esters is 1. The van der Waals surface area contributed by atoms with E-state index < -0.39 is 17.7 Å². The Hall–Kier alpha value is -6.44. The number of carbonyl (C=O) groups is 3. The number of alkyl carbamates (subject to hydrolysis) is 1. The van der Waals surface area contributed by atoms with E-state index in [1.54, 1.807) is 0 Å². The molecule has 3 aliphatic rings. The largest absolute Gasteiger partial charge is 0.449 e. The second kappa shape index (κ2) is 24.3. The van der Waals surface area contributed by atoms with Gasteiger partial charge in [0.1, 0.15) is 12.6 Å². The molecule has 6 aromatic carbocycles. The minimum atomic E-state index is -1.32. The number of fused-ring (bicyclic) bond motifs is 3. The van der Waals surface area contributed by atoms with E-state index in [1.165, 1.54) is 69.8 Å². The first-order chi connectivity index (χ1) is 35.3. The van der Waals surface area contributed by atoms with Crippen LogP contribution in [0, 0.1) is 0 Å². The van der Waals surface area contributed by atoms with Crippen LogP contribution >= 0.6 is 11.6 Å². The van der Waals surface area contributed by atoms with Crippen molar-refractivity contribution in [1.82, 2.24) is 10.2 Å². The number of hydrogen-bond acceptors (Lipinski definition) is 5. The molecule has 6 aromatic rings. The Labute approximate surface area is 432 Å². The van der Waals surface area contributed by atoms with Gasteiger partial charge in [0.15, 0.2) is 5.60 Å². The van der Waals surface area contributed by atoms with Crippen molar-refractivity contribution < 1.29 is 23.9 Å². The normalized spacial score (nSPS) is 16.8. The summed E-state index contributed by atoms with van der Waals surface area (Å²) in [5.41, 5.74) is 9.36. The van der Waals surface area contributed by atoms with Crippen LogP contribution in [0.25, 0.3) is 16.7 Å². The van der Waals surface area contributed by atoms with Gasteiger partial charge >= 0.3 is 12.1 Å². The summed E-state index contributed by atoms with van der Waals surface area (Å²) in [7, 11) is 0. The lowest BCUT2D eigenvalue weighted by Crippen LogP contribution is -2.51. The number of halogens is 1. The highest BCUT2D eigenvalue weighted by Crippen LogP contribution is 2.46. The molecular weight excluding hydrogens is 912 g/mol. The molecule has 1 aliphatic heterocycles. The molecule has 372 valence electrons. The van der Waals surface area contributed by atoms with E-state index in [0.717, 1.165) is 69.3 Å². The number of piperidine rings is 1. The Kier molecular flexibility index (Phi) is 17.1. The topological polar surface area (TPSA) is 84.9 Å². The van der Waals surface area contributed by atoms with Crippen molar-refractivity contribution in [2.75, 3.05) is 19.7 Å². The number of hydrogen-bond donors (Lipinski definition) is 1. The third-order valence-corrected chi connectivity index (χ3v) is 15.7. The Morgan fingerprint density at radius 1 is 0.639 bits per heavy atom. The summed E-state index contributed by atoms with van der Waals surface area (Å²) in [5.74, 6) is -0.111. The number of nitrogens with zero attached hydrogens (tertiary/aromatic N) is 1. The van der Waals surface area contributed by atoms with Crippen LogP contribution in [-0.2, 0) is 31.1 Å². The Balaban J connectivity index is 0.906. The zero-order chi connectivity index (χ0) is 49.7. The van der Waals surface area contributed by atoms with E-state index in [-0.39, 0.29) is 37.2 Å². The molecule has 1 heterocycles. The summed E-state index contributed by atoms with van der Waals surface area (Å²) in [5, 5.41) is 3.48. The van der Waals surface area contributed by atoms with Crippen molar-refractivity contribution in [3.63, 3.8) is 0 Å². The predicted octanol–water partition coefficient (Wildman–Crippen LogP) is 15.1. The zero-order valence-corrected chi connectivity index (χ0v) is 42.4. The van der Waals surface area contributed by atoms with E-state index in [2.05, 4.69) is 60.4 Å². The second-order valence-electron chi connectivity index (χ2n) is 20.1. The highest BCUT2D eigenvalue weighted by atomic mass is 35.5. The third kappa shape index (κ3) is 11.9. The van der Waals surface area contributed by atoms with Gasteiger partial charge in [-0.25, -0.2) is 4.79 Å². The van der Waals surface area contributed by atoms with Crippen molar-refractivity contribution in [1.29, 1.82) is 0 Å². The van der Waals surface area contributed by atoms with Gasteiger partial charge < -0.3 is 19.7 Å². The molecule has 7 nitrogen and oxygen atoms in total. The SMILES string of the molecule is C=C(CCC(=O)OC(c1ccccc1)(c1ccc(C2CCCCCCCCCC2)cc1)c1ccccc1Cl)c1cccc(C[C@H](NC(=O)OCC2c3ccccc3-c3ccccc32)C(=O)N2CCCCC2)c1. The molecule has 0 radical (unpaired) electrons. The second-order valence-corrected chi connectivity index (χ2v) is 20.5. The van der Waals surface area contributed by atoms with Crippen molar-refractivity contribution in [2.24, 2.45) is 0 Å². The van der Waals surface area contributed by atoms with E-state index in [4.69, 9.17) is 21.1 Å². The van der Waals surface area contributed by atoms with Gasteiger partial charge in [-0.2, -0.15) is 0 Å². The van der Waals surface area contributed by atoms with Crippen LogP contribution < -0.4 is 5.32 Å². The van der Waals surface area contributed by atoms with Gasteiger partial charge in [-0.05, 0) is 95.0 Å². The number of ether oxygens (including phenoxy) is 2. The van der Waals surface area contributed by atoms with Crippen LogP contribution in [0.5, 0.6) is 0 Å². The average molecular weight is 982 g/mol. The molecule has 2 aliphatic carbocycles. The van der Waals surface area contributed by atoms with Crippen LogP contribution in [0.15, 0.2) is 158 Å². The van der Waals surface area contributed by atoms with Gasteiger partial charge in [0.2, 0.25) is 5.91 Å². The molecule has 2 amide bonds. The maximum Gasteiger partial charge on any atom is 0.407 e. The fourth-order valence-corrected chi connectivity index (χ4v) is 11.7. The molecule has 0 aromatic heterocycles. The van der Waals surface area contributed by atoms with Gasteiger partial charge in [-0.15, -0.1) is 0 Å². The molecule has 1 saturated heterocycles. The molecule has 1 unspecified atom stereocenters. The Morgan fingerprint density at radius 3 is 1.89 bits per heavy atom. The standard InChI is InChI=1S/C64H69ClN2O5/c1-46(50-26-22-23-47(43-50)44-60(62(69)67-41-20-9-21-42-67)66-63(70)71-45-57-55-31-16-14-29-53(55)54-30-15-17-32-56(54)57)35-40-61(68)72-64(51-27-12-8-13-28-51,58-33-18-19-34-59(58)65)52-38-36-49(37-39-52)48-24-10-6-4-2-3-5-7-11-25-48/h8,12-19,22-23,26-34,36-39,43,48,57,60H,1-7,9-11,20-21,24-25,35,40-42,44-45H2,(H,66,70)/t60-,64?/m0/s1. The molecule has 0 bridgehead atoms. The number of allylic oxidation sites excluding steroid dienone is 1. The van der Waals surface area contributed by atoms with Gasteiger partial charge in [0.25, 0.3) is 0 Å². The fourth-order valence-electron chi connectivity index (χ4n) is 11.5. The van der Waals surface area contributed by atoms with Crippen LogP contribution in [0.2, 0.25) is 5.02 Å². The maximum atomic E-state index is 14.5. The summed E-state index contributed by atoms with van der Waals surface area (Å²) in [6, 6.07) is 49.8. The first-order valence-corrected chi connectivity index (χ1v) is 27.0. The van der Waals surface area contributed by atoms with Crippen molar-refractivity contribution in [2.45, 2.75) is 126 Å². The minimum Gasteiger partial charge on any atom is -0.449 e. The summed E-state index contributed by atoms with van der Waals surface area (Å²) in [6.07, 6.45) is 15.7. The molecule has 8 heteroatoms. The Bertz CT molecular complexity index is 2740. The number of likely N-dealkylation sites (tertiary alicyclic amines) is 1. The molecule has 72 heavy (non-hydrogen) atoms. The molecule has 9 rings (SSSR count). The number of carbonyl (C=O) groups excluding carboxylic acids is 3. The van der Waals surface area contributed by atoms with E-state index in [0.29, 0.717) is 36.0 Å². The van der Waals surface area contributed by atoms with Gasteiger partial charge in [0.05, 0.1) is 0 Å². The first-order valence-electron chi connectivity index (χ1n) is 26.6. The number of benzene rings is 6. The van der Waals surface area contributed by atoms with Crippen LogP contribution in [-0.4, -0.2) is 48.6 Å². The summed E-state index contributed by atoms with van der Waals surface area (Å²) < 4.78 is 12.8. The van der Waals surface area contributed by atoms with Crippen molar-refractivity contribution >= 4 is 35.1 Å². The average Bonchev–Trinajstić information content (AvgIpc) is 3.71. The molecular formula is C64H69ClN2O5. The minimum absolute atomic E-state index is 0.0711. The summed E-state index contributed by atoms with van der Waals surface area (Å²) >= 11 is 7.09. The molecule has 2 fully saturated rings.